The van der Waals surface area contributed by atoms with Gasteiger partial charge < -0.3 is 10.6 Å². The highest BCUT2D eigenvalue weighted by molar-refractivity contribution is 8.00. The zero-order chi connectivity index (χ0) is 12.7. The van der Waals surface area contributed by atoms with Gasteiger partial charge in [-0.15, -0.1) is 0 Å². The number of hydrogen-bond donors (Lipinski definition) is 2. The summed E-state index contributed by atoms with van der Waals surface area (Å²) in [5, 5.41) is 6.98. The van der Waals surface area contributed by atoms with Crippen LogP contribution in [0.1, 0.15) is 27.7 Å². The molecule has 2 N–H and O–H groups in total. The third kappa shape index (κ3) is 8.74. The summed E-state index contributed by atoms with van der Waals surface area (Å²) in [6, 6.07) is 0. The highest BCUT2D eigenvalue weighted by atomic mass is 32.2. The average Bonchev–Trinajstić information content (AvgIpc) is 2.23. The molecule has 0 saturated heterocycles. The van der Waals surface area contributed by atoms with Gasteiger partial charge >= 0.3 is 0 Å². The lowest BCUT2D eigenvalue weighted by atomic mass is 10.2. The van der Waals surface area contributed by atoms with Crippen molar-refractivity contribution in [2.75, 3.05) is 38.7 Å². The molecule has 16 heavy (non-hydrogen) atoms. The van der Waals surface area contributed by atoms with E-state index in [1.165, 1.54) is 0 Å². The number of nitrogens with one attached hydrogen (secondary N) is 2. The summed E-state index contributed by atoms with van der Waals surface area (Å²) in [4.78, 5) is 0. The molecule has 0 aromatic heterocycles. The Morgan fingerprint density at radius 2 is 1.06 bits per heavy atom. The molecule has 0 aliphatic heterocycles. The lowest BCUT2D eigenvalue weighted by Gasteiger charge is -2.24. The fraction of sp³-hybridized carbons (Fsp3) is 1.00. The van der Waals surface area contributed by atoms with Gasteiger partial charge in [-0.2, -0.15) is 23.5 Å². The maximum absolute atomic E-state index is 3.49. The molecule has 4 heteroatoms. The summed E-state index contributed by atoms with van der Waals surface area (Å²) < 4.78 is 0.692. The molecule has 0 fully saturated rings. The van der Waals surface area contributed by atoms with E-state index in [-0.39, 0.29) is 0 Å². The van der Waals surface area contributed by atoms with Crippen LogP contribution in [-0.4, -0.2) is 48.2 Å². The van der Waals surface area contributed by atoms with E-state index < -0.39 is 0 Å². The van der Waals surface area contributed by atoms with Crippen LogP contribution in [-0.2, 0) is 0 Å². The van der Waals surface area contributed by atoms with Crippen molar-refractivity contribution in [3.63, 3.8) is 0 Å². The second-order valence-corrected chi connectivity index (χ2v) is 8.31. The lowest BCUT2D eigenvalue weighted by Crippen LogP contribution is -2.39. The van der Waals surface area contributed by atoms with Crippen molar-refractivity contribution in [3.8, 4) is 0 Å². The molecule has 2 nitrogen and oxygen atoms in total. The Morgan fingerprint density at radius 1 is 0.750 bits per heavy atom. The first-order valence-electron chi connectivity index (χ1n) is 5.85. The zero-order valence-corrected chi connectivity index (χ0v) is 13.3. The molecule has 0 aromatic carbocycles. The highest BCUT2D eigenvalue weighted by Gasteiger charge is 2.15. The van der Waals surface area contributed by atoms with Crippen LogP contribution in [0.5, 0.6) is 0 Å². The van der Waals surface area contributed by atoms with Crippen LogP contribution in [0.15, 0.2) is 0 Å². The molecule has 0 saturated carbocycles. The molecule has 0 unspecified atom stereocenters. The van der Waals surface area contributed by atoms with Crippen LogP contribution in [0.3, 0.4) is 0 Å². The van der Waals surface area contributed by atoms with Crippen molar-refractivity contribution in [1.82, 2.24) is 10.6 Å². The van der Waals surface area contributed by atoms with Crippen molar-refractivity contribution in [2.24, 2.45) is 0 Å². The maximum Gasteiger partial charge on any atom is 0.0225 e. The van der Waals surface area contributed by atoms with Crippen LogP contribution in [0.4, 0.5) is 0 Å². The predicted molar refractivity (Wildman–Crippen MR) is 80.9 cm³/mol. The van der Waals surface area contributed by atoms with Crippen molar-refractivity contribution in [2.45, 2.75) is 37.2 Å². The monoisotopic (exact) mass is 264 g/mol. The van der Waals surface area contributed by atoms with E-state index in [0.717, 1.165) is 26.2 Å². The van der Waals surface area contributed by atoms with E-state index in [1.54, 1.807) is 0 Å². The standard InChI is InChI=1S/C12H28N2S2/c1-11(2,15-5)9-13-7-8-14-10-12(3,4)16-6/h13-14H,7-10H2,1-6H3. The number of thioether (sulfide) groups is 2. The summed E-state index contributed by atoms with van der Waals surface area (Å²) in [6.45, 7) is 13.3. The molecule has 0 aliphatic carbocycles. The Morgan fingerprint density at radius 3 is 1.31 bits per heavy atom. The highest BCUT2D eigenvalue weighted by Crippen LogP contribution is 2.20. The van der Waals surface area contributed by atoms with E-state index >= 15 is 0 Å². The first-order valence-corrected chi connectivity index (χ1v) is 8.30. The summed E-state index contributed by atoms with van der Waals surface area (Å²) in [7, 11) is 0. The molecule has 0 atom stereocenters. The molecule has 0 aromatic rings. The van der Waals surface area contributed by atoms with Crippen molar-refractivity contribution >= 4 is 23.5 Å². The van der Waals surface area contributed by atoms with Crippen LogP contribution in [0.2, 0.25) is 0 Å². The van der Waals surface area contributed by atoms with E-state index in [0.29, 0.717) is 9.49 Å². The second kappa shape index (κ2) is 7.85. The van der Waals surface area contributed by atoms with Crippen molar-refractivity contribution in [1.29, 1.82) is 0 Å². The smallest absolute Gasteiger partial charge is 0.0225 e. The van der Waals surface area contributed by atoms with Gasteiger partial charge in [0, 0.05) is 35.7 Å². The van der Waals surface area contributed by atoms with Gasteiger partial charge in [-0.25, -0.2) is 0 Å². The minimum Gasteiger partial charge on any atom is -0.314 e. The van der Waals surface area contributed by atoms with Gasteiger partial charge in [0.05, 0.1) is 0 Å². The molecular formula is C12H28N2S2. The fourth-order valence-electron chi connectivity index (χ4n) is 1.10. The predicted octanol–water partition coefficient (Wildman–Crippen LogP) is 2.45. The summed E-state index contributed by atoms with van der Waals surface area (Å²) in [5.74, 6) is 0. The molecule has 0 bridgehead atoms. The lowest BCUT2D eigenvalue weighted by molar-refractivity contribution is 0.540. The summed E-state index contributed by atoms with van der Waals surface area (Å²) in [6.07, 6.45) is 4.34. The van der Waals surface area contributed by atoms with Crippen molar-refractivity contribution in [3.05, 3.63) is 0 Å². The van der Waals surface area contributed by atoms with E-state index in [4.69, 9.17) is 0 Å². The third-order valence-electron chi connectivity index (χ3n) is 2.69. The van der Waals surface area contributed by atoms with E-state index in [2.05, 4.69) is 50.8 Å². The first kappa shape index (κ1) is 16.6. The normalized spacial score (nSPS) is 13.1. The minimum absolute atomic E-state index is 0.346. The molecule has 0 heterocycles. The third-order valence-corrected chi connectivity index (χ3v) is 5.18. The maximum atomic E-state index is 3.49. The molecule has 0 amide bonds. The fourth-order valence-corrected chi connectivity index (χ4v) is 1.59. The van der Waals surface area contributed by atoms with Crippen LogP contribution in [0.25, 0.3) is 0 Å². The SMILES string of the molecule is CSC(C)(C)CNCCNCC(C)(C)SC. The molecular weight excluding hydrogens is 236 g/mol. The van der Waals surface area contributed by atoms with Crippen LogP contribution in [0, 0.1) is 0 Å². The van der Waals surface area contributed by atoms with Crippen molar-refractivity contribution < 1.29 is 0 Å². The van der Waals surface area contributed by atoms with Gasteiger partial charge in [0.15, 0.2) is 0 Å². The minimum atomic E-state index is 0.346. The summed E-state index contributed by atoms with van der Waals surface area (Å²) >= 11 is 3.83. The molecule has 98 valence electrons. The van der Waals surface area contributed by atoms with E-state index in [9.17, 15) is 0 Å². The van der Waals surface area contributed by atoms with Gasteiger partial charge in [-0.05, 0) is 40.2 Å². The Hall–Kier alpha value is 0.620. The Balaban J connectivity index is 3.42. The molecule has 0 radical (unpaired) electrons. The van der Waals surface area contributed by atoms with E-state index in [1.807, 2.05) is 23.5 Å². The Labute approximate surface area is 110 Å². The van der Waals surface area contributed by atoms with Crippen LogP contribution >= 0.6 is 23.5 Å². The molecule has 0 spiro atoms. The van der Waals surface area contributed by atoms with Gasteiger partial charge in [0.2, 0.25) is 0 Å². The topological polar surface area (TPSA) is 24.1 Å². The second-order valence-electron chi connectivity index (χ2n) is 5.28. The Kier molecular flexibility index (Phi) is 8.16. The number of rotatable bonds is 9. The number of hydrogen-bond acceptors (Lipinski definition) is 4. The molecule has 0 aliphatic rings. The van der Waals surface area contributed by atoms with Gasteiger partial charge in [0.1, 0.15) is 0 Å². The van der Waals surface area contributed by atoms with Gasteiger partial charge in [-0.3, -0.25) is 0 Å². The zero-order valence-electron chi connectivity index (χ0n) is 11.6. The summed E-state index contributed by atoms with van der Waals surface area (Å²) in [5.41, 5.74) is 0. The largest absolute Gasteiger partial charge is 0.314 e. The van der Waals surface area contributed by atoms with Gasteiger partial charge in [-0.1, -0.05) is 0 Å². The first-order chi connectivity index (χ1) is 7.33. The van der Waals surface area contributed by atoms with Gasteiger partial charge in [0.25, 0.3) is 0 Å². The van der Waals surface area contributed by atoms with Crippen LogP contribution < -0.4 is 10.6 Å². The quantitative estimate of drug-likeness (QED) is 0.625. The Bertz CT molecular complexity index is 162. The molecule has 0 rings (SSSR count). The average molecular weight is 265 g/mol.